The molecular weight excluding hydrogens is 266 g/mol. The van der Waals surface area contributed by atoms with E-state index < -0.39 is 0 Å². The van der Waals surface area contributed by atoms with Gasteiger partial charge in [-0.1, -0.05) is 44.6 Å². The van der Waals surface area contributed by atoms with E-state index >= 15 is 0 Å². The molecule has 0 spiro atoms. The predicted octanol–water partition coefficient (Wildman–Crippen LogP) is 4.18. The molecule has 0 radical (unpaired) electrons. The molecule has 0 atom stereocenters. The van der Waals surface area contributed by atoms with E-state index in [2.05, 4.69) is 4.98 Å². The van der Waals surface area contributed by atoms with Crippen molar-refractivity contribution >= 4 is 0 Å². The van der Waals surface area contributed by atoms with E-state index in [0.717, 1.165) is 11.3 Å². The SMILES string of the molecule is C1CCCCC1.COc1cccc(-c2nc(CO)co2)c1. The highest BCUT2D eigenvalue weighted by Crippen LogP contribution is 2.23. The molecule has 1 aromatic heterocycles. The third-order valence-electron chi connectivity index (χ3n) is 3.53. The second-order valence-electron chi connectivity index (χ2n) is 5.16. The van der Waals surface area contributed by atoms with Gasteiger partial charge in [0.2, 0.25) is 5.89 Å². The van der Waals surface area contributed by atoms with Crippen molar-refractivity contribution in [2.45, 2.75) is 45.1 Å². The Morgan fingerprint density at radius 1 is 1.14 bits per heavy atom. The van der Waals surface area contributed by atoms with Crippen molar-refractivity contribution in [3.63, 3.8) is 0 Å². The number of hydrogen-bond donors (Lipinski definition) is 1. The number of nitrogens with zero attached hydrogens (tertiary/aromatic N) is 1. The Labute approximate surface area is 125 Å². The van der Waals surface area contributed by atoms with Crippen LogP contribution in [0.25, 0.3) is 11.5 Å². The third kappa shape index (κ3) is 4.90. The van der Waals surface area contributed by atoms with Crippen LogP contribution in [0.2, 0.25) is 0 Å². The summed E-state index contributed by atoms with van der Waals surface area (Å²) in [6, 6.07) is 7.40. The van der Waals surface area contributed by atoms with Crippen molar-refractivity contribution in [3.8, 4) is 17.2 Å². The van der Waals surface area contributed by atoms with Crippen molar-refractivity contribution in [1.82, 2.24) is 4.98 Å². The summed E-state index contributed by atoms with van der Waals surface area (Å²) in [6.45, 7) is -0.118. The summed E-state index contributed by atoms with van der Waals surface area (Å²) < 4.78 is 10.3. The van der Waals surface area contributed by atoms with Crippen LogP contribution in [0.1, 0.15) is 44.2 Å². The van der Waals surface area contributed by atoms with E-state index in [1.807, 2.05) is 24.3 Å². The summed E-state index contributed by atoms with van der Waals surface area (Å²) in [4.78, 5) is 4.10. The molecule has 1 heterocycles. The van der Waals surface area contributed by atoms with Crippen LogP contribution in [-0.2, 0) is 6.61 Å². The van der Waals surface area contributed by atoms with Crippen molar-refractivity contribution in [2.24, 2.45) is 0 Å². The van der Waals surface area contributed by atoms with Gasteiger partial charge < -0.3 is 14.3 Å². The van der Waals surface area contributed by atoms with Gasteiger partial charge in [0, 0.05) is 5.56 Å². The van der Waals surface area contributed by atoms with Crippen LogP contribution in [0.15, 0.2) is 34.9 Å². The molecule has 1 aliphatic carbocycles. The van der Waals surface area contributed by atoms with Crippen LogP contribution in [0.4, 0.5) is 0 Å². The van der Waals surface area contributed by atoms with E-state index in [1.54, 1.807) is 7.11 Å². The average Bonchev–Trinajstić information content (AvgIpc) is 3.06. The lowest BCUT2D eigenvalue weighted by Gasteiger charge is -2.05. The molecule has 0 amide bonds. The van der Waals surface area contributed by atoms with Gasteiger partial charge in [0.15, 0.2) is 0 Å². The standard InChI is InChI=1S/C11H11NO3.C6H12/c1-14-10-4-2-3-8(5-10)11-12-9(6-13)7-15-11;1-2-4-6-5-3-1/h2-5,7,13H,6H2,1H3;1-6H2. The molecule has 0 saturated heterocycles. The number of aliphatic hydroxyl groups excluding tert-OH is 1. The minimum absolute atomic E-state index is 0.118. The van der Waals surface area contributed by atoms with Crippen LogP contribution in [0, 0.1) is 0 Å². The first-order valence-corrected chi connectivity index (χ1v) is 7.53. The van der Waals surface area contributed by atoms with E-state index in [9.17, 15) is 0 Å². The maximum absolute atomic E-state index is 8.85. The molecule has 1 aromatic carbocycles. The fourth-order valence-electron chi connectivity index (χ4n) is 2.33. The number of aliphatic hydroxyl groups is 1. The summed E-state index contributed by atoms with van der Waals surface area (Å²) >= 11 is 0. The Kier molecular flexibility index (Phi) is 6.28. The maximum atomic E-state index is 8.85. The van der Waals surface area contributed by atoms with Gasteiger partial charge in [-0.15, -0.1) is 0 Å². The van der Waals surface area contributed by atoms with Gasteiger partial charge in [0.25, 0.3) is 0 Å². The Hall–Kier alpha value is -1.81. The van der Waals surface area contributed by atoms with E-state index in [4.69, 9.17) is 14.3 Å². The largest absolute Gasteiger partial charge is 0.497 e. The number of methoxy groups -OCH3 is 1. The second-order valence-corrected chi connectivity index (χ2v) is 5.16. The molecule has 1 saturated carbocycles. The fraction of sp³-hybridized carbons (Fsp3) is 0.471. The molecule has 4 nitrogen and oxygen atoms in total. The number of benzene rings is 1. The fourth-order valence-corrected chi connectivity index (χ4v) is 2.33. The summed E-state index contributed by atoms with van der Waals surface area (Å²) in [7, 11) is 1.60. The van der Waals surface area contributed by atoms with Crippen molar-refractivity contribution in [3.05, 3.63) is 36.2 Å². The van der Waals surface area contributed by atoms with Gasteiger partial charge in [-0.05, 0) is 18.2 Å². The Bertz CT molecular complexity index is 521. The van der Waals surface area contributed by atoms with E-state index in [0.29, 0.717) is 11.6 Å². The number of ether oxygens (including phenoxy) is 1. The summed E-state index contributed by atoms with van der Waals surface area (Å²) in [5.74, 6) is 1.23. The number of rotatable bonds is 3. The highest BCUT2D eigenvalue weighted by Gasteiger charge is 2.06. The summed E-state index contributed by atoms with van der Waals surface area (Å²) in [6.07, 6.45) is 10.4. The molecule has 0 aliphatic heterocycles. The first-order valence-electron chi connectivity index (χ1n) is 7.53. The summed E-state index contributed by atoms with van der Waals surface area (Å²) in [5.41, 5.74) is 1.35. The molecule has 4 heteroatoms. The van der Waals surface area contributed by atoms with Crippen molar-refractivity contribution in [2.75, 3.05) is 7.11 Å². The molecule has 1 fully saturated rings. The minimum Gasteiger partial charge on any atom is -0.497 e. The predicted molar refractivity (Wildman–Crippen MR) is 82.1 cm³/mol. The van der Waals surface area contributed by atoms with Gasteiger partial charge in [0.05, 0.1) is 13.7 Å². The molecule has 1 aliphatic rings. The van der Waals surface area contributed by atoms with Crippen LogP contribution < -0.4 is 4.74 Å². The average molecular weight is 289 g/mol. The zero-order valence-electron chi connectivity index (χ0n) is 12.5. The second kappa shape index (κ2) is 8.47. The highest BCUT2D eigenvalue weighted by molar-refractivity contribution is 5.55. The number of hydrogen-bond acceptors (Lipinski definition) is 4. The van der Waals surface area contributed by atoms with Gasteiger partial charge in [-0.3, -0.25) is 0 Å². The van der Waals surface area contributed by atoms with Crippen LogP contribution in [0.5, 0.6) is 5.75 Å². The van der Waals surface area contributed by atoms with Crippen LogP contribution >= 0.6 is 0 Å². The van der Waals surface area contributed by atoms with E-state index in [-0.39, 0.29) is 6.61 Å². The van der Waals surface area contributed by atoms with Gasteiger partial charge >= 0.3 is 0 Å². The number of oxazole rings is 1. The van der Waals surface area contributed by atoms with Crippen molar-refractivity contribution in [1.29, 1.82) is 0 Å². The van der Waals surface area contributed by atoms with Crippen molar-refractivity contribution < 1.29 is 14.3 Å². The minimum atomic E-state index is -0.118. The van der Waals surface area contributed by atoms with Crippen LogP contribution in [0.3, 0.4) is 0 Å². The van der Waals surface area contributed by atoms with Gasteiger partial charge in [-0.2, -0.15) is 0 Å². The number of aromatic nitrogens is 1. The van der Waals surface area contributed by atoms with Crippen LogP contribution in [-0.4, -0.2) is 17.2 Å². The van der Waals surface area contributed by atoms with E-state index in [1.165, 1.54) is 44.8 Å². The molecule has 0 bridgehead atoms. The molecule has 3 rings (SSSR count). The first kappa shape index (κ1) is 15.6. The Morgan fingerprint density at radius 2 is 1.81 bits per heavy atom. The lowest BCUT2D eigenvalue weighted by molar-refractivity contribution is 0.276. The molecule has 0 unspecified atom stereocenters. The highest BCUT2D eigenvalue weighted by atomic mass is 16.5. The topological polar surface area (TPSA) is 55.5 Å². The molecule has 21 heavy (non-hydrogen) atoms. The smallest absolute Gasteiger partial charge is 0.226 e. The molecule has 1 N–H and O–H groups in total. The quantitative estimate of drug-likeness (QED) is 0.920. The summed E-state index contributed by atoms with van der Waals surface area (Å²) in [5, 5.41) is 8.85. The Morgan fingerprint density at radius 3 is 2.33 bits per heavy atom. The lowest BCUT2D eigenvalue weighted by atomic mass is 10.0. The first-order chi connectivity index (χ1) is 10.3. The lowest BCUT2D eigenvalue weighted by Crippen LogP contribution is -1.85. The maximum Gasteiger partial charge on any atom is 0.226 e. The van der Waals surface area contributed by atoms with Gasteiger partial charge in [-0.25, -0.2) is 4.98 Å². The molecule has 2 aromatic rings. The normalized spacial score (nSPS) is 14.2. The third-order valence-corrected chi connectivity index (χ3v) is 3.53. The zero-order chi connectivity index (χ0) is 14.9. The zero-order valence-corrected chi connectivity index (χ0v) is 12.5. The molecular formula is C17H23NO3. The Balaban J connectivity index is 0.000000225. The monoisotopic (exact) mass is 289 g/mol. The van der Waals surface area contributed by atoms with Gasteiger partial charge in [0.1, 0.15) is 17.7 Å². The molecule has 114 valence electrons.